The van der Waals surface area contributed by atoms with Gasteiger partial charge < -0.3 is 15.5 Å². The Kier molecular flexibility index (Phi) is 5.02. The predicted octanol–water partition coefficient (Wildman–Crippen LogP) is 0.764. The standard InChI is InChI=1S/C15H17N5O2/c1-17-9-11(7-16)14-18-4-3-12(20-14)5-10-6-13(22-2)15(21)19-8-10/h3-4,6-9H,5,16H2,1-2H3,(H,19,21). The Morgan fingerprint density at radius 2 is 2.36 bits per heavy atom. The Morgan fingerprint density at radius 1 is 1.55 bits per heavy atom. The van der Waals surface area contributed by atoms with Crippen molar-refractivity contribution < 1.29 is 4.74 Å². The molecule has 2 aromatic heterocycles. The first kappa shape index (κ1) is 15.4. The van der Waals surface area contributed by atoms with Crippen molar-refractivity contribution in [3.63, 3.8) is 0 Å². The van der Waals surface area contributed by atoms with E-state index in [1.807, 2.05) is 0 Å². The number of aliphatic imine (C=N–C) groups is 1. The average molecular weight is 299 g/mol. The van der Waals surface area contributed by atoms with Crippen molar-refractivity contribution in [2.45, 2.75) is 6.42 Å². The van der Waals surface area contributed by atoms with Crippen LogP contribution in [0, 0.1) is 0 Å². The lowest BCUT2D eigenvalue weighted by Crippen LogP contribution is -2.10. The average Bonchev–Trinajstić information content (AvgIpc) is 2.54. The van der Waals surface area contributed by atoms with Gasteiger partial charge in [-0.3, -0.25) is 9.79 Å². The van der Waals surface area contributed by atoms with Crippen LogP contribution in [0.3, 0.4) is 0 Å². The summed E-state index contributed by atoms with van der Waals surface area (Å²) in [5.74, 6) is 0.773. The Morgan fingerprint density at radius 3 is 3.05 bits per heavy atom. The van der Waals surface area contributed by atoms with Crippen LogP contribution in [-0.2, 0) is 6.42 Å². The van der Waals surface area contributed by atoms with Crippen LogP contribution in [-0.4, -0.2) is 35.3 Å². The second-order valence-electron chi connectivity index (χ2n) is 4.46. The van der Waals surface area contributed by atoms with Crippen LogP contribution >= 0.6 is 0 Å². The molecule has 0 aliphatic carbocycles. The van der Waals surface area contributed by atoms with E-state index in [1.54, 1.807) is 37.8 Å². The summed E-state index contributed by atoms with van der Waals surface area (Å²) in [6.45, 7) is 0. The lowest BCUT2D eigenvalue weighted by atomic mass is 10.1. The predicted molar refractivity (Wildman–Crippen MR) is 85.0 cm³/mol. The first-order valence-corrected chi connectivity index (χ1v) is 6.60. The van der Waals surface area contributed by atoms with Gasteiger partial charge in [0.15, 0.2) is 11.6 Å². The van der Waals surface area contributed by atoms with Crippen LogP contribution in [0.25, 0.3) is 5.57 Å². The molecule has 0 aromatic carbocycles. The Hall–Kier alpha value is -2.96. The van der Waals surface area contributed by atoms with E-state index in [4.69, 9.17) is 10.5 Å². The molecule has 0 aliphatic heterocycles. The second kappa shape index (κ2) is 7.16. The quantitative estimate of drug-likeness (QED) is 0.793. The van der Waals surface area contributed by atoms with E-state index < -0.39 is 0 Å². The number of aromatic nitrogens is 3. The van der Waals surface area contributed by atoms with E-state index in [1.165, 1.54) is 13.3 Å². The van der Waals surface area contributed by atoms with E-state index in [-0.39, 0.29) is 11.3 Å². The maximum absolute atomic E-state index is 11.5. The van der Waals surface area contributed by atoms with Gasteiger partial charge in [0.25, 0.3) is 5.56 Å². The number of nitrogens with zero attached hydrogens (tertiary/aromatic N) is 3. The van der Waals surface area contributed by atoms with E-state index in [0.29, 0.717) is 17.8 Å². The summed E-state index contributed by atoms with van der Waals surface area (Å²) in [4.78, 5) is 26.7. The molecule has 0 bridgehead atoms. The largest absolute Gasteiger partial charge is 0.491 e. The maximum Gasteiger partial charge on any atom is 0.290 e. The number of aromatic amines is 1. The fraction of sp³-hybridized carbons (Fsp3) is 0.200. The number of nitrogens with two attached hydrogens (primary N) is 1. The third kappa shape index (κ3) is 3.57. The maximum atomic E-state index is 11.5. The third-order valence-electron chi connectivity index (χ3n) is 2.95. The van der Waals surface area contributed by atoms with Crippen LogP contribution in [0.2, 0.25) is 0 Å². The summed E-state index contributed by atoms with van der Waals surface area (Å²) in [7, 11) is 3.11. The molecule has 3 N–H and O–H groups in total. The zero-order valence-corrected chi connectivity index (χ0v) is 12.4. The molecule has 0 amide bonds. The first-order valence-electron chi connectivity index (χ1n) is 6.60. The van der Waals surface area contributed by atoms with Gasteiger partial charge >= 0.3 is 0 Å². The minimum absolute atomic E-state index is 0.262. The van der Waals surface area contributed by atoms with Crippen molar-refractivity contribution in [2.75, 3.05) is 14.2 Å². The van der Waals surface area contributed by atoms with Gasteiger partial charge in [0.2, 0.25) is 0 Å². The van der Waals surface area contributed by atoms with Crippen molar-refractivity contribution >= 4 is 11.8 Å². The molecule has 0 unspecified atom stereocenters. The summed E-state index contributed by atoms with van der Waals surface area (Å²) in [6.07, 6.45) is 6.84. The topological polar surface area (TPSA) is 106 Å². The van der Waals surface area contributed by atoms with Crippen LogP contribution < -0.4 is 16.0 Å². The number of pyridine rings is 1. The van der Waals surface area contributed by atoms with Gasteiger partial charge in [-0.2, -0.15) is 0 Å². The number of hydrogen-bond acceptors (Lipinski definition) is 6. The first-order chi connectivity index (χ1) is 10.7. The van der Waals surface area contributed by atoms with E-state index >= 15 is 0 Å². The van der Waals surface area contributed by atoms with Crippen molar-refractivity contribution in [2.24, 2.45) is 10.7 Å². The molecule has 2 rings (SSSR count). The Labute approximate surface area is 127 Å². The fourth-order valence-corrected chi connectivity index (χ4v) is 1.92. The highest BCUT2D eigenvalue weighted by atomic mass is 16.5. The minimum Gasteiger partial charge on any atom is -0.491 e. The molecule has 0 aliphatic rings. The molecule has 0 fully saturated rings. The molecule has 7 heteroatoms. The monoisotopic (exact) mass is 299 g/mol. The highest BCUT2D eigenvalue weighted by molar-refractivity contribution is 6.07. The number of ether oxygens (including phenoxy) is 1. The van der Waals surface area contributed by atoms with Crippen molar-refractivity contribution in [3.05, 3.63) is 58.2 Å². The second-order valence-corrected chi connectivity index (χ2v) is 4.46. The van der Waals surface area contributed by atoms with Crippen molar-refractivity contribution in [1.29, 1.82) is 0 Å². The number of H-pyrrole nitrogens is 1. The van der Waals surface area contributed by atoms with E-state index in [0.717, 1.165) is 11.3 Å². The number of nitrogens with one attached hydrogen (secondary N) is 1. The third-order valence-corrected chi connectivity index (χ3v) is 2.95. The van der Waals surface area contributed by atoms with Gasteiger partial charge in [0.1, 0.15) is 0 Å². The van der Waals surface area contributed by atoms with Crippen LogP contribution in [0.1, 0.15) is 17.1 Å². The van der Waals surface area contributed by atoms with E-state index in [9.17, 15) is 4.79 Å². The number of hydrogen-bond donors (Lipinski definition) is 2. The molecule has 0 atom stereocenters. The highest BCUT2D eigenvalue weighted by Gasteiger charge is 2.06. The molecule has 0 saturated carbocycles. The molecule has 22 heavy (non-hydrogen) atoms. The molecule has 0 spiro atoms. The highest BCUT2D eigenvalue weighted by Crippen LogP contribution is 2.12. The van der Waals surface area contributed by atoms with Crippen LogP contribution in [0.15, 0.2) is 40.5 Å². The zero-order chi connectivity index (χ0) is 15.9. The summed E-state index contributed by atoms with van der Waals surface area (Å²) in [5, 5.41) is 0. The van der Waals surface area contributed by atoms with Crippen LogP contribution in [0.5, 0.6) is 5.75 Å². The SMILES string of the molecule is CN=CC(=CN)c1nccc(Cc2c[nH]c(=O)c(OC)c2)n1. The lowest BCUT2D eigenvalue weighted by Gasteiger charge is -2.05. The Balaban J connectivity index is 2.29. The van der Waals surface area contributed by atoms with Crippen molar-refractivity contribution in [3.8, 4) is 5.75 Å². The summed E-state index contributed by atoms with van der Waals surface area (Å²) >= 11 is 0. The molecular weight excluding hydrogens is 282 g/mol. The molecule has 0 radical (unpaired) electrons. The minimum atomic E-state index is -0.262. The van der Waals surface area contributed by atoms with E-state index in [2.05, 4.69) is 19.9 Å². The molecular formula is C15H17N5O2. The normalized spacial score (nSPS) is 11.8. The molecule has 7 nitrogen and oxygen atoms in total. The van der Waals surface area contributed by atoms with Gasteiger partial charge in [-0.05, 0) is 17.7 Å². The fourth-order valence-electron chi connectivity index (χ4n) is 1.92. The number of rotatable bonds is 5. The van der Waals surface area contributed by atoms with Crippen LogP contribution in [0.4, 0.5) is 0 Å². The molecule has 0 saturated heterocycles. The number of allylic oxidation sites excluding steroid dienone is 1. The van der Waals surface area contributed by atoms with Gasteiger partial charge in [-0.15, -0.1) is 0 Å². The summed E-state index contributed by atoms with van der Waals surface area (Å²) in [5.41, 5.74) is 7.61. The Bertz CT molecular complexity index is 765. The zero-order valence-electron chi connectivity index (χ0n) is 12.4. The summed E-state index contributed by atoms with van der Waals surface area (Å²) in [6, 6.07) is 3.49. The summed E-state index contributed by atoms with van der Waals surface area (Å²) < 4.78 is 5.02. The van der Waals surface area contributed by atoms with Gasteiger partial charge in [0, 0.05) is 44.0 Å². The molecule has 2 aromatic rings. The van der Waals surface area contributed by atoms with Gasteiger partial charge in [-0.25, -0.2) is 9.97 Å². The van der Waals surface area contributed by atoms with Gasteiger partial charge in [0.05, 0.1) is 12.7 Å². The molecule has 2 heterocycles. The van der Waals surface area contributed by atoms with Gasteiger partial charge in [-0.1, -0.05) is 0 Å². The number of methoxy groups -OCH3 is 1. The molecule has 114 valence electrons. The lowest BCUT2D eigenvalue weighted by molar-refractivity contribution is 0.407. The van der Waals surface area contributed by atoms with Crippen molar-refractivity contribution in [1.82, 2.24) is 15.0 Å². The smallest absolute Gasteiger partial charge is 0.290 e.